The zero-order valence-corrected chi connectivity index (χ0v) is 9.86. The molecule has 0 unspecified atom stereocenters. The molecule has 0 bridgehead atoms. The van der Waals surface area contributed by atoms with E-state index in [0.29, 0.717) is 5.95 Å². The monoisotopic (exact) mass is 225 g/mol. The first-order chi connectivity index (χ1) is 7.86. The summed E-state index contributed by atoms with van der Waals surface area (Å²) in [5.41, 5.74) is 0. The minimum atomic E-state index is 0.568. The van der Waals surface area contributed by atoms with Crippen LogP contribution in [0.15, 0.2) is 6.20 Å². The molecule has 90 valence electrons. The average Bonchev–Trinajstić information content (AvgIpc) is 2.33. The molecule has 0 atom stereocenters. The molecule has 0 aliphatic heterocycles. The van der Waals surface area contributed by atoms with Crippen molar-refractivity contribution in [2.24, 2.45) is 0 Å². The zero-order chi connectivity index (χ0) is 11.6. The summed E-state index contributed by atoms with van der Waals surface area (Å²) >= 11 is 0. The van der Waals surface area contributed by atoms with Crippen molar-refractivity contribution in [3.63, 3.8) is 0 Å². The summed E-state index contributed by atoms with van der Waals surface area (Å²) in [6.45, 7) is 4.51. The molecule has 1 heterocycles. The van der Waals surface area contributed by atoms with E-state index >= 15 is 0 Å². The Bertz CT molecular complexity index is 294. The summed E-state index contributed by atoms with van der Waals surface area (Å²) in [5.74, 6) is 1.31. The Kier molecular flexibility index (Phi) is 6.17. The predicted octanol–water partition coefficient (Wildman–Crippen LogP) is 1.14. The lowest BCUT2D eigenvalue weighted by molar-refractivity contribution is 0.197. The van der Waals surface area contributed by atoms with Crippen LogP contribution in [0.2, 0.25) is 0 Å². The summed E-state index contributed by atoms with van der Waals surface area (Å²) in [6, 6.07) is 0. The van der Waals surface area contributed by atoms with Gasteiger partial charge < -0.3 is 15.4 Å². The van der Waals surface area contributed by atoms with E-state index < -0.39 is 0 Å². The molecule has 0 amide bonds. The Morgan fingerprint density at radius 3 is 2.94 bits per heavy atom. The first kappa shape index (κ1) is 12.6. The van der Waals surface area contributed by atoms with Crippen molar-refractivity contribution in [1.29, 1.82) is 0 Å². The van der Waals surface area contributed by atoms with Crippen molar-refractivity contribution < 1.29 is 4.74 Å². The molecule has 1 aromatic rings. The lowest BCUT2D eigenvalue weighted by Crippen LogP contribution is -2.10. The number of hydrogen-bond acceptors (Lipinski definition) is 6. The molecule has 0 aliphatic carbocycles. The van der Waals surface area contributed by atoms with E-state index in [1.807, 2.05) is 0 Å². The number of anilines is 2. The summed E-state index contributed by atoms with van der Waals surface area (Å²) < 4.78 is 4.96. The van der Waals surface area contributed by atoms with Crippen LogP contribution in [0.3, 0.4) is 0 Å². The largest absolute Gasteiger partial charge is 0.385 e. The minimum Gasteiger partial charge on any atom is -0.385 e. The number of ether oxygens (including phenoxy) is 1. The number of nitrogens with zero attached hydrogens (tertiary/aromatic N) is 3. The molecule has 0 radical (unpaired) electrons. The van der Waals surface area contributed by atoms with Crippen LogP contribution in [0, 0.1) is 0 Å². The van der Waals surface area contributed by atoms with Crippen molar-refractivity contribution in [3.05, 3.63) is 6.20 Å². The summed E-state index contributed by atoms with van der Waals surface area (Å²) in [4.78, 5) is 4.27. The van der Waals surface area contributed by atoms with Crippen molar-refractivity contribution in [2.75, 3.05) is 37.4 Å². The van der Waals surface area contributed by atoms with Crippen molar-refractivity contribution in [1.82, 2.24) is 15.2 Å². The third-order valence-corrected chi connectivity index (χ3v) is 1.92. The second kappa shape index (κ2) is 7.81. The standard InChI is InChI=1S/C10H19N5O/c1-3-5-12-10-14-9(8-13-15-10)11-6-4-7-16-2/h8H,3-7H2,1-2H3,(H2,11,12,14,15). The van der Waals surface area contributed by atoms with Crippen LogP contribution in [0.5, 0.6) is 0 Å². The van der Waals surface area contributed by atoms with Gasteiger partial charge in [-0.05, 0) is 12.8 Å². The molecule has 16 heavy (non-hydrogen) atoms. The van der Waals surface area contributed by atoms with Crippen LogP contribution < -0.4 is 10.6 Å². The third kappa shape index (κ3) is 4.88. The summed E-state index contributed by atoms with van der Waals surface area (Å²) in [6.07, 6.45) is 3.59. The maximum Gasteiger partial charge on any atom is 0.244 e. The van der Waals surface area contributed by atoms with Gasteiger partial charge in [0, 0.05) is 26.8 Å². The molecule has 0 saturated carbocycles. The van der Waals surface area contributed by atoms with Crippen LogP contribution in [0.1, 0.15) is 19.8 Å². The van der Waals surface area contributed by atoms with E-state index in [2.05, 4.69) is 32.7 Å². The molecule has 0 saturated heterocycles. The SMILES string of the molecule is CCCNc1nncc(NCCCOC)n1. The van der Waals surface area contributed by atoms with Gasteiger partial charge in [0.05, 0.1) is 6.20 Å². The Labute approximate surface area is 95.8 Å². The highest BCUT2D eigenvalue weighted by molar-refractivity contribution is 5.36. The van der Waals surface area contributed by atoms with Crippen molar-refractivity contribution in [2.45, 2.75) is 19.8 Å². The molecule has 6 nitrogen and oxygen atoms in total. The van der Waals surface area contributed by atoms with Gasteiger partial charge in [0.2, 0.25) is 5.95 Å². The molecule has 1 rings (SSSR count). The van der Waals surface area contributed by atoms with Crippen LogP contribution >= 0.6 is 0 Å². The molecule has 0 spiro atoms. The van der Waals surface area contributed by atoms with Crippen molar-refractivity contribution >= 4 is 11.8 Å². The average molecular weight is 225 g/mol. The highest BCUT2D eigenvalue weighted by Gasteiger charge is 1.98. The Hall–Kier alpha value is -1.43. The highest BCUT2D eigenvalue weighted by Crippen LogP contribution is 2.03. The normalized spacial score (nSPS) is 10.1. The number of rotatable bonds is 8. The van der Waals surface area contributed by atoms with E-state index in [1.165, 1.54) is 0 Å². The fourth-order valence-electron chi connectivity index (χ4n) is 1.13. The lowest BCUT2D eigenvalue weighted by Gasteiger charge is -2.06. The van der Waals surface area contributed by atoms with Gasteiger partial charge in [0.1, 0.15) is 0 Å². The molecular weight excluding hydrogens is 206 g/mol. The van der Waals surface area contributed by atoms with Gasteiger partial charge in [0.15, 0.2) is 5.82 Å². The van der Waals surface area contributed by atoms with Crippen molar-refractivity contribution in [3.8, 4) is 0 Å². The molecule has 0 fully saturated rings. The van der Waals surface area contributed by atoms with Gasteiger partial charge in [-0.15, -0.1) is 5.10 Å². The van der Waals surface area contributed by atoms with Gasteiger partial charge in [-0.25, -0.2) is 0 Å². The maximum absolute atomic E-state index is 4.96. The molecular formula is C10H19N5O. The number of nitrogens with one attached hydrogen (secondary N) is 2. The van der Waals surface area contributed by atoms with Gasteiger partial charge in [0.25, 0.3) is 0 Å². The Morgan fingerprint density at radius 1 is 1.31 bits per heavy atom. The minimum absolute atomic E-state index is 0.568. The van der Waals surface area contributed by atoms with Gasteiger partial charge in [-0.3, -0.25) is 0 Å². The first-order valence-electron chi connectivity index (χ1n) is 5.53. The molecule has 2 N–H and O–H groups in total. The van der Waals surface area contributed by atoms with Crippen LogP contribution in [0.4, 0.5) is 11.8 Å². The number of aromatic nitrogens is 3. The topological polar surface area (TPSA) is 72.0 Å². The van der Waals surface area contributed by atoms with E-state index in [0.717, 1.165) is 38.4 Å². The summed E-state index contributed by atoms with van der Waals surface area (Å²) in [7, 11) is 1.69. The highest BCUT2D eigenvalue weighted by atomic mass is 16.5. The quantitative estimate of drug-likeness (QED) is 0.646. The maximum atomic E-state index is 4.96. The predicted molar refractivity (Wildman–Crippen MR) is 63.6 cm³/mol. The molecule has 0 aliphatic rings. The van der Waals surface area contributed by atoms with E-state index in [4.69, 9.17) is 4.74 Å². The smallest absolute Gasteiger partial charge is 0.244 e. The van der Waals surface area contributed by atoms with Gasteiger partial charge in [-0.2, -0.15) is 10.1 Å². The van der Waals surface area contributed by atoms with Crippen LogP contribution in [0.25, 0.3) is 0 Å². The Balaban J connectivity index is 2.35. The second-order valence-corrected chi connectivity index (χ2v) is 3.37. The zero-order valence-electron chi connectivity index (χ0n) is 9.86. The first-order valence-corrected chi connectivity index (χ1v) is 5.53. The molecule has 1 aromatic heterocycles. The summed E-state index contributed by atoms with van der Waals surface area (Å²) in [5, 5.41) is 14.0. The van der Waals surface area contributed by atoms with Gasteiger partial charge >= 0.3 is 0 Å². The third-order valence-electron chi connectivity index (χ3n) is 1.92. The fourth-order valence-corrected chi connectivity index (χ4v) is 1.13. The number of hydrogen-bond donors (Lipinski definition) is 2. The van der Waals surface area contributed by atoms with Crippen LogP contribution in [-0.2, 0) is 4.74 Å². The van der Waals surface area contributed by atoms with E-state index in [-0.39, 0.29) is 0 Å². The molecule has 6 heteroatoms. The Morgan fingerprint density at radius 2 is 2.19 bits per heavy atom. The number of methoxy groups -OCH3 is 1. The van der Waals surface area contributed by atoms with E-state index in [9.17, 15) is 0 Å². The van der Waals surface area contributed by atoms with Gasteiger partial charge in [-0.1, -0.05) is 6.92 Å². The lowest BCUT2D eigenvalue weighted by atomic mass is 10.4. The van der Waals surface area contributed by atoms with Crippen LogP contribution in [-0.4, -0.2) is 42.0 Å². The molecule has 0 aromatic carbocycles. The fraction of sp³-hybridized carbons (Fsp3) is 0.700. The second-order valence-electron chi connectivity index (χ2n) is 3.37. The van der Waals surface area contributed by atoms with E-state index in [1.54, 1.807) is 13.3 Å².